The van der Waals surface area contributed by atoms with Gasteiger partial charge in [0.05, 0.1) is 0 Å². The molecule has 6 heteroatoms. The van der Waals surface area contributed by atoms with Crippen LogP contribution in [0.5, 0.6) is 0 Å². The number of hydrogen-bond donors (Lipinski definition) is 2. The lowest BCUT2D eigenvalue weighted by molar-refractivity contribution is 0.102. The molecular weight excluding hydrogens is 380 g/mol. The summed E-state index contributed by atoms with van der Waals surface area (Å²) in [7, 11) is 0. The predicted octanol–water partition coefficient (Wildman–Crippen LogP) is 4.85. The smallest absolute Gasteiger partial charge is 0.274 e. The zero-order valence-corrected chi connectivity index (χ0v) is 15.5. The number of nitrogens with zero attached hydrogens (tertiary/aromatic N) is 2. The molecule has 0 bridgehead atoms. The number of benzene rings is 2. The van der Waals surface area contributed by atoms with Crippen LogP contribution in [0.25, 0.3) is 0 Å². The molecule has 0 atom stereocenters. The van der Waals surface area contributed by atoms with Crippen molar-refractivity contribution >= 4 is 39.2 Å². The van der Waals surface area contributed by atoms with Crippen molar-refractivity contribution < 1.29 is 4.79 Å². The van der Waals surface area contributed by atoms with Gasteiger partial charge in [-0.05, 0) is 67.4 Å². The summed E-state index contributed by atoms with van der Waals surface area (Å²) in [4.78, 5) is 20.8. The number of aromatic nitrogens is 2. The molecule has 0 radical (unpaired) electrons. The van der Waals surface area contributed by atoms with E-state index in [1.165, 1.54) is 11.1 Å². The van der Waals surface area contributed by atoms with Gasteiger partial charge >= 0.3 is 0 Å². The average molecular weight is 397 g/mol. The molecule has 1 heterocycles. The third-order valence-electron chi connectivity index (χ3n) is 3.75. The Morgan fingerprint density at radius 2 is 1.68 bits per heavy atom. The van der Waals surface area contributed by atoms with Gasteiger partial charge in [0, 0.05) is 22.0 Å². The van der Waals surface area contributed by atoms with E-state index in [0.717, 1.165) is 10.2 Å². The molecule has 0 aliphatic heterocycles. The Labute approximate surface area is 154 Å². The molecule has 1 amide bonds. The third-order valence-corrected chi connectivity index (χ3v) is 4.28. The van der Waals surface area contributed by atoms with Crippen molar-refractivity contribution in [3.63, 3.8) is 0 Å². The van der Waals surface area contributed by atoms with Crippen molar-refractivity contribution in [2.45, 2.75) is 13.8 Å². The van der Waals surface area contributed by atoms with Crippen LogP contribution < -0.4 is 10.6 Å². The van der Waals surface area contributed by atoms with Crippen LogP contribution in [-0.4, -0.2) is 15.9 Å². The number of carbonyl (C=O) groups is 1. The third kappa shape index (κ3) is 4.42. The standard InChI is InChI=1S/C19H17BrN4O/c1-12-3-6-16(11-13(12)2)23-19-21-10-9-17(24-19)18(25)22-15-7-4-14(20)5-8-15/h3-11H,1-2H3,(H,22,25)(H,21,23,24). The highest BCUT2D eigenvalue weighted by Crippen LogP contribution is 2.18. The summed E-state index contributed by atoms with van der Waals surface area (Å²) in [6, 6.07) is 15.0. The van der Waals surface area contributed by atoms with Gasteiger partial charge in [-0.15, -0.1) is 0 Å². The molecule has 0 saturated heterocycles. The fourth-order valence-corrected chi connectivity index (χ4v) is 2.49. The van der Waals surface area contributed by atoms with Crippen LogP contribution in [-0.2, 0) is 0 Å². The average Bonchev–Trinajstić information content (AvgIpc) is 2.60. The highest BCUT2D eigenvalue weighted by Gasteiger charge is 2.09. The quantitative estimate of drug-likeness (QED) is 0.661. The first-order chi connectivity index (χ1) is 12.0. The SMILES string of the molecule is Cc1ccc(Nc2nccc(C(=O)Nc3ccc(Br)cc3)n2)cc1C. The van der Waals surface area contributed by atoms with Crippen LogP contribution >= 0.6 is 15.9 Å². The fraction of sp³-hybridized carbons (Fsp3) is 0.105. The van der Waals surface area contributed by atoms with E-state index in [2.05, 4.69) is 43.5 Å². The first-order valence-electron chi connectivity index (χ1n) is 7.75. The molecule has 0 saturated carbocycles. The second kappa shape index (κ2) is 7.44. The molecule has 126 valence electrons. The maximum absolute atomic E-state index is 12.4. The van der Waals surface area contributed by atoms with Gasteiger partial charge < -0.3 is 10.6 Å². The van der Waals surface area contributed by atoms with Crippen LogP contribution in [0, 0.1) is 13.8 Å². The van der Waals surface area contributed by atoms with Crippen LogP contribution in [0.4, 0.5) is 17.3 Å². The molecule has 3 rings (SSSR count). The summed E-state index contributed by atoms with van der Waals surface area (Å²) < 4.78 is 0.951. The van der Waals surface area contributed by atoms with Crippen molar-refractivity contribution in [2.24, 2.45) is 0 Å². The lowest BCUT2D eigenvalue weighted by Gasteiger charge is -2.09. The predicted molar refractivity (Wildman–Crippen MR) is 103 cm³/mol. The van der Waals surface area contributed by atoms with Gasteiger partial charge in [0.25, 0.3) is 5.91 Å². The van der Waals surface area contributed by atoms with E-state index in [9.17, 15) is 4.79 Å². The maximum Gasteiger partial charge on any atom is 0.274 e. The van der Waals surface area contributed by atoms with E-state index >= 15 is 0 Å². The van der Waals surface area contributed by atoms with E-state index < -0.39 is 0 Å². The molecule has 5 nitrogen and oxygen atoms in total. The Kier molecular flexibility index (Phi) is 5.09. The van der Waals surface area contributed by atoms with Gasteiger partial charge in [-0.25, -0.2) is 9.97 Å². The molecule has 2 aromatic carbocycles. The minimum atomic E-state index is -0.284. The summed E-state index contributed by atoms with van der Waals surface area (Å²) in [6.45, 7) is 4.10. The van der Waals surface area contributed by atoms with Gasteiger partial charge in [-0.2, -0.15) is 0 Å². The number of aryl methyl sites for hydroxylation is 2. The zero-order chi connectivity index (χ0) is 17.8. The number of rotatable bonds is 4. The molecule has 0 aliphatic rings. The van der Waals surface area contributed by atoms with Gasteiger partial charge in [-0.1, -0.05) is 22.0 Å². The topological polar surface area (TPSA) is 66.9 Å². The van der Waals surface area contributed by atoms with Crippen molar-refractivity contribution in [1.29, 1.82) is 0 Å². The van der Waals surface area contributed by atoms with Crippen LogP contribution in [0.2, 0.25) is 0 Å². The Morgan fingerprint density at radius 1 is 0.960 bits per heavy atom. The lowest BCUT2D eigenvalue weighted by Crippen LogP contribution is -2.14. The second-order valence-electron chi connectivity index (χ2n) is 5.65. The number of hydrogen-bond acceptors (Lipinski definition) is 4. The fourth-order valence-electron chi connectivity index (χ4n) is 2.22. The number of amides is 1. The van der Waals surface area contributed by atoms with E-state index in [1.54, 1.807) is 12.3 Å². The summed E-state index contributed by atoms with van der Waals surface area (Å²) >= 11 is 3.37. The second-order valence-corrected chi connectivity index (χ2v) is 6.57. The maximum atomic E-state index is 12.4. The van der Waals surface area contributed by atoms with Crippen molar-refractivity contribution in [3.05, 3.63) is 76.0 Å². The van der Waals surface area contributed by atoms with Crippen molar-refractivity contribution in [1.82, 2.24) is 9.97 Å². The summed E-state index contributed by atoms with van der Waals surface area (Å²) in [6.07, 6.45) is 1.56. The molecule has 3 aromatic rings. The molecule has 1 aromatic heterocycles. The molecule has 2 N–H and O–H groups in total. The number of halogens is 1. The summed E-state index contributed by atoms with van der Waals surface area (Å²) in [5.74, 6) is 0.0968. The summed E-state index contributed by atoms with van der Waals surface area (Å²) in [5.41, 5.74) is 4.27. The van der Waals surface area contributed by atoms with E-state index in [-0.39, 0.29) is 5.91 Å². The van der Waals surface area contributed by atoms with Crippen molar-refractivity contribution in [3.8, 4) is 0 Å². The highest BCUT2D eigenvalue weighted by molar-refractivity contribution is 9.10. The van der Waals surface area contributed by atoms with E-state index in [4.69, 9.17) is 0 Å². The Bertz CT molecular complexity index is 910. The van der Waals surface area contributed by atoms with Crippen LogP contribution in [0.1, 0.15) is 21.6 Å². The number of carbonyl (C=O) groups excluding carboxylic acids is 1. The highest BCUT2D eigenvalue weighted by atomic mass is 79.9. The largest absolute Gasteiger partial charge is 0.324 e. The Morgan fingerprint density at radius 3 is 2.40 bits per heavy atom. The first-order valence-corrected chi connectivity index (χ1v) is 8.55. The van der Waals surface area contributed by atoms with Gasteiger partial charge in [0.1, 0.15) is 5.69 Å². The van der Waals surface area contributed by atoms with Gasteiger partial charge in [0.2, 0.25) is 5.95 Å². The summed E-state index contributed by atoms with van der Waals surface area (Å²) in [5, 5.41) is 5.95. The zero-order valence-electron chi connectivity index (χ0n) is 13.9. The molecule has 0 fully saturated rings. The Hall–Kier alpha value is -2.73. The van der Waals surface area contributed by atoms with Crippen LogP contribution in [0.3, 0.4) is 0 Å². The molecule has 25 heavy (non-hydrogen) atoms. The minimum absolute atomic E-state index is 0.284. The van der Waals surface area contributed by atoms with Gasteiger partial charge in [0.15, 0.2) is 0 Å². The van der Waals surface area contributed by atoms with Gasteiger partial charge in [-0.3, -0.25) is 4.79 Å². The molecule has 0 aliphatic carbocycles. The normalized spacial score (nSPS) is 10.4. The minimum Gasteiger partial charge on any atom is -0.324 e. The Balaban J connectivity index is 1.75. The molecule has 0 spiro atoms. The number of nitrogens with one attached hydrogen (secondary N) is 2. The number of anilines is 3. The van der Waals surface area contributed by atoms with E-state index in [1.807, 2.05) is 49.4 Å². The van der Waals surface area contributed by atoms with Crippen molar-refractivity contribution in [2.75, 3.05) is 10.6 Å². The molecular formula is C19H17BrN4O. The lowest BCUT2D eigenvalue weighted by atomic mass is 10.1. The molecule has 0 unspecified atom stereocenters. The van der Waals surface area contributed by atoms with Crippen LogP contribution in [0.15, 0.2) is 59.2 Å². The van der Waals surface area contributed by atoms with E-state index in [0.29, 0.717) is 17.3 Å². The monoisotopic (exact) mass is 396 g/mol. The first kappa shape index (κ1) is 17.1.